The molecule has 0 aromatic heterocycles. The molecule has 0 radical (unpaired) electrons. The number of nitrogens with zero attached hydrogens (tertiary/aromatic N) is 2. The summed E-state index contributed by atoms with van der Waals surface area (Å²) in [5, 5.41) is 16.3. The lowest BCUT2D eigenvalue weighted by molar-refractivity contribution is -0.129. The molecule has 0 bridgehead atoms. The molecule has 230 valence electrons. The topological polar surface area (TPSA) is 90.0 Å². The summed E-state index contributed by atoms with van der Waals surface area (Å²) in [6, 6.07) is 15.9. The number of carbonyl (C=O) groups is 3. The second-order valence-electron chi connectivity index (χ2n) is 13.9. The van der Waals surface area contributed by atoms with Gasteiger partial charge in [-0.05, 0) is 100 Å². The molecule has 7 heteroatoms. The van der Waals surface area contributed by atoms with Crippen molar-refractivity contribution in [2.45, 2.75) is 97.9 Å². The summed E-state index contributed by atoms with van der Waals surface area (Å²) in [4.78, 5) is 43.2. The zero-order valence-electron chi connectivity index (χ0n) is 27.0. The van der Waals surface area contributed by atoms with Gasteiger partial charge in [-0.3, -0.25) is 14.4 Å². The van der Waals surface area contributed by atoms with Gasteiger partial charge in [0.2, 0.25) is 5.91 Å². The average Bonchev–Trinajstić information content (AvgIpc) is 2.92. The van der Waals surface area contributed by atoms with Crippen molar-refractivity contribution in [3.8, 4) is 0 Å². The van der Waals surface area contributed by atoms with Gasteiger partial charge in [0.05, 0.1) is 11.7 Å². The van der Waals surface area contributed by atoms with E-state index in [1.165, 1.54) is 0 Å². The summed E-state index contributed by atoms with van der Waals surface area (Å²) in [5.41, 5.74) is 4.06. The van der Waals surface area contributed by atoms with E-state index in [4.69, 9.17) is 0 Å². The summed E-state index contributed by atoms with van der Waals surface area (Å²) in [6.07, 6.45) is 1.19. The van der Waals surface area contributed by atoms with Crippen molar-refractivity contribution in [3.63, 3.8) is 0 Å². The SMILES string of the molecule is CC(=O)N1CCc2ccc(CC(O)CCc3ccc4ccccc4c3C(=O)NC(C)(C)C)c(C(=O)N(C)C(C)(C)C)c2C1. The van der Waals surface area contributed by atoms with Crippen molar-refractivity contribution in [3.05, 3.63) is 81.9 Å². The minimum absolute atomic E-state index is 0.0136. The highest BCUT2D eigenvalue weighted by Crippen LogP contribution is 2.30. The minimum atomic E-state index is -0.734. The first kappa shape index (κ1) is 32.2. The first-order valence-electron chi connectivity index (χ1n) is 15.3. The van der Waals surface area contributed by atoms with Crippen LogP contribution in [-0.4, -0.2) is 63.4 Å². The monoisotopic (exact) mass is 585 g/mol. The first-order valence-corrected chi connectivity index (χ1v) is 15.3. The summed E-state index contributed by atoms with van der Waals surface area (Å²) >= 11 is 0. The Labute approximate surface area is 256 Å². The van der Waals surface area contributed by atoms with Crippen molar-refractivity contribution in [1.29, 1.82) is 0 Å². The molecule has 1 atom stereocenters. The molecule has 1 heterocycles. The predicted molar refractivity (Wildman–Crippen MR) is 172 cm³/mol. The number of benzene rings is 3. The van der Waals surface area contributed by atoms with Gasteiger partial charge in [-0.2, -0.15) is 0 Å². The van der Waals surface area contributed by atoms with Crippen LogP contribution in [0.4, 0.5) is 0 Å². The molecule has 43 heavy (non-hydrogen) atoms. The Kier molecular flexibility index (Phi) is 9.36. The van der Waals surface area contributed by atoms with E-state index in [0.717, 1.165) is 33.0 Å². The molecule has 0 aliphatic carbocycles. The molecule has 0 spiro atoms. The molecule has 3 aromatic carbocycles. The lowest BCUT2D eigenvalue weighted by Crippen LogP contribution is -2.44. The minimum Gasteiger partial charge on any atom is -0.393 e. The maximum Gasteiger partial charge on any atom is 0.254 e. The normalized spacial score (nSPS) is 14.3. The molecule has 0 fully saturated rings. The number of fused-ring (bicyclic) bond motifs is 2. The molecule has 1 aliphatic rings. The Bertz CT molecular complexity index is 1530. The lowest BCUT2D eigenvalue weighted by atomic mass is 9.87. The van der Waals surface area contributed by atoms with Crippen molar-refractivity contribution in [2.24, 2.45) is 0 Å². The van der Waals surface area contributed by atoms with Gasteiger partial charge in [-0.15, -0.1) is 0 Å². The van der Waals surface area contributed by atoms with Crippen LogP contribution in [0.15, 0.2) is 48.5 Å². The van der Waals surface area contributed by atoms with E-state index in [2.05, 4.69) is 5.32 Å². The van der Waals surface area contributed by atoms with E-state index in [1.54, 1.807) is 23.8 Å². The van der Waals surface area contributed by atoms with Crippen LogP contribution >= 0.6 is 0 Å². The Morgan fingerprint density at radius 3 is 2.28 bits per heavy atom. The van der Waals surface area contributed by atoms with E-state index >= 15 is 0 Å². The molecule has 2 N–H and O–H groups in total. The van der Waals surface area contributed by atoms with Gasteiger partial charge in [-0.1, -0.05) is 48.5 Å². The van der Waals surface area contributed by atoms with Gasteiger partial charge in [0.25, 0.3) is 11.8 Å². The number of hydrogen-bond donors (Lipinski definition) is 2. The van der Waals surface area contributed by atoms with Gasteiger partial charge in [0, 0.05) is 43.7 Å². The molecular weight excluding hydrogens is 538 g/mol. The molecule has 7 nitrogen and oxygen atoms in total. The third kappa shape index (κ3) is 7.45. The van der Waals surface area contributed by atoms with Gasteiger partial charge in [0.15, 0.2) is 0 Å². The lowest BCUT2D eigenvalue weighted by Gasteiger charge is -2.35. The van der Waals surface area contributed by atoms with Gasteiger partial charge >= 0.3 is 0 Å². The first-order chi connectivity index (χ1) is 20.1. The van der Waals surface area contributed by atoms with E-state index in [9.17, 15) is 19.5 Å². The van der Waals surface area contributed by atoms with Gasteiger partial charge in [-0.25, -0.2) is 0 Å². The van der Waals surface area contributed by atoms with E-state index in [0.29, 0.717) is 49.9 Å². The smallest absolute Gasteiger partial charge is 0.254 e. The van der Waals surface area contributed by atoms with E-state index in [1.807, 2.05) is 90.1 Å². The zero-order valence-corrected chi connectivity index (χ0v) is 27.0. The van der Waals surface area contributed by atoms with Crippen molar-refractivity contribution in [1.82, 2.24) is 15.1 Å². The molecule has 4 rings (SSSR count). The zero-order chi connectivity index (χ0) is 31.7. The fourth-order valence-electron chi connectivity index (χ4n) is 5.73. The molecule has 0 saturated carbocycles. The highest BCUT2D eigenvalue weighted by atomic mass is 16.3. The second kappa shape index (κ2) is 12.5. The molecule has 1 aliphatic heterocycles. The van der Waals surface area contributed by atoms with E-state index < -0.39 is 17.2 Å². The van der Waals surface area contributed by atoms with Crippen molar-refractivity contribution >= 4 is 28.5 Å². The number of aryl methyl sites for hydroxylation is 1. The van der Waals surface area contributed by atoms with Crippen LogP contribution in [0.1, 0.15) is 97.9 Å². The molecule has 3 aromatic rings. The van der Waals surface area contributed by atoms with Crippen LogP contribution < -0.4 is 5.32 Å². The van der Waals surface area contributed by atoms with Crippen molar-refractivity contribution < 1.29 is 19.5 Å². The number of aliphatic hydroxyl groups excluding tert-OH is 1. The fourth-order valence-corrected chi connectivity index (χ4v) is 5.73. The molecule has 3 amide bonds. The Morgan fingerprint density at radius 1 is 0.953 bits per heavy atom. The quantitative estimate of drug-likeness (QED) is 0.373. The molecule has 0 saturated heterocycles. The Hall–Kier alpha value is -3.71. The average molecular weight is 586 g/mol. The number of amides is 3. The largest absolute Gasteiger partial charge is 0.393 e. The van der Waals surface area contributed by atoms with Crippen molar-refractivity contribution in [2.75, 3.05) is 13.6 Å². The van der Waals surface area contributed by atoms with Gasteiger partial charge in [0.1, 0.15) is 0 Å². The van der Waals surface area contributed by atoms with Crippen LogP contribution in [0.5, 0.6) is 0 Å². The second-order valence-corrected chi connectivity index (χ2v) is 13.9. The molecule has 1 unspecified atom stereocenters. The highest BCUT2D eigenvalue weighted by molar-refractivity contribution is 6.08. The fraction of sp³-hybridized carbons (Fsp3) is 0.472. The number of rotatable bonds is 7. The standard InChI is InChI=1S/C36H47N3O4/c1-23(40)39-20-19-25-14-16-27(32(30(25)22-39)34(43)38(8)36(5,6)7)21-28(41)18-17-26-15-13-24-11-9-10-12-29(24)31(26)33(42)37-35(2,3)4/h9-16,28,41H,17-22H2,1-8H3,(H,37,42). The number of aliphatic hydroxyl groups is 1. The van der Waals surface area contributed by atoms with Crippen LogP contribution in [0.2, 0.25) is 0 Å². The Balaban J connectivity index is 1.64. The Morgan fingerprint density at radius 2 is 1.63 bits per heavy atom. The van der Waals surface area contributed by atoms with E-state index in [-0.39, 0.29) is 17.7 Å². The van der Waals surface area contributed by atoms with Crippen LogP contribution in [0.25, 0.3) is 10.8 Å². The van der Waals surface area contributed by atoms with Crippen LogP contribution in [0.3, 0.4) is 0 Å². The highest BCUT2D eigenvalue weighted by Gasteiger charge is 2.31. The predicted octanol–water partition coefficient (Wildman–Crippen LogP) is 5.68. The van der Waals surface area contributed by atoms with Crippen LogP contribution in [-0.2, 0) is 30.6 Å². The summed E-state index contributed by atoms with van der Waals surface area (Å²) in [6.45, 7) is 14.4. The van der Waals surface area contributed by atoms with Gasteiger partial charge < -0.3 is 20.2 Å². The molecular formula is C36H47N3O4. The third-order valence-electron chi connectivity index (χ3n) is 8.40. The summed E-state index contributed by atoms with van der Waals surface area (Å²) < 4.78 is 0. The number of hydrogen-bond acceptors (Lipinski definition) is 4. The maximum absolute atomic E-state index is 14.0. The maximum atomic E-state index is 14.0. The van der Waals surface area contributed by atoms with Crippen LogP contribution in [0, 0.1) is 0 Å². The third-order valence-corrected chi connectivity index (χ3v) is 8.40. The number of nitrogens with one attached hydrogen (secondary N) is 1. The number of carbonyl (C=O) groups excluding carboxylic acids is 3. The summed E-state index contributed by atoms with van der Waals surface area (Å²) in [5.74, 6) is -0.246. The summed E-state index contributed by atoms with van der Waals surface area (Å²) in [7, 11) is 1.80.